The Hall–Kier alpha value is -3.38. The molecule has 41 heavy (non-hydrogen) atoms. The van der Waals surface area contributed by atoms with Gasteiger partial charge in [-0.15, -0.1) is 0 Å². The maximum absolute atomic E-state index is 13.1. The van der Waals surface area contributed by atoms with E-state index >= 15 is 0 Å². The molecular formula is C29H40N6O5S. The van der Waals surface area contributed by atoms with E-state index < -0.39 is 21.7 Å². The number of nitrogens with zero attached hydrogens (tertiary/aromatic N) is 4. The molecule has 2 saturated heterocycles. The Morgan fingerprint density at radius 1 is 1.20 bits per heavy atom. The highest BCUT2D eigenvalue weighted by molar-refractivity contribution is 7.89. The monoisotopic (exact) mass is 584 g/mol. The highest BCUT2D eigenvalue weighted by atomic mass is 32.2. The first kappa shape index (κ1) is 29.1. The minimum atomic E-state index is -3.58. The molecule has 1 aromatic carbocycles. The lowest BCUT2D eigenvalue weighted by atomic mass is 9.72. The van der Waals surface area contributed by atoms with E-state index in [1.165, 1.54) is 4.90 Å². The molecule has 1 amide bonds. The predicted molar refractivity (Wildman–Crippen MR) is 158 cm³/mol. The summed E-state index contributed by atoms with van der Waals surface area (Å²) in [5.41, 5.74) is 0.180. The summed E-state index contributed by atoms with van der Waals surface area (Å²) in [6.45, 7) is 11.0. The normalized spacial score (nSPS) is 24.2. The molecule has 222 valence electrons. The van der Waals surface area contributed by atoms with Crippen molar-refractivity contribution in [3.05, 3.63) is 46.9 Å². The fourth-order valence-corrected chi connectivity index (χ4v) is 8.19. The van der Waals surface area contributed by atoms with Gasteiger partial charge in [0.2, 0.25) is 10.0 Å². The van der Waals surface area contributed by atoms with Crippen LogP contribution in [-0.2, 0) is 15.6 Å². The van der Waals surface area contributed by atoms with E-state index in [1.54, 1.807) is 34.8 Å². The number of benzene rings is 1. The highest BCUT2D eigenvalue weighted by Gasteiger charge is 2.47. The lowest BCUT2D eigenvalue weighted by Crippen LogP contribution is -2.57. The summed E-state index contributed by atoms with van der Waals surface area (Å²) >= 11 is 0. The molecule has 3 atom stereocenters. The van der Waals surface area contributed by atoms with E-state index in [0.29, 0.717) is 54.8 Å². The van der Waals surface area contributed by atoms with E-state index in [9.17, 15) is 23.1 Å². The van der Waals surface area contributed by atoms with E-state index in [-0.39, 0.29) is 28.0 Å². The van der Waals surface area contributed by atoms with Crippen molar-refractivity contribution in [2.45, 2.75) is 89.2 Å². The minimum absolute atomic E-state index is 0.0222. The van der Waals surface area contributed by atoms with Crippen LogP contribution < -0.4 is 10.9 Å². The summed E-state index contributed by atoms with van der Waals surface area (Å²) in [6, 6.07) is 8.10. The minimum Gasteiger partial charge on any atom is -0.465 e. The number of amides is 1. The second kappa shape index (κ2) is 10.5. The smallest absolute Gasteiger partial charge is 0.407 e. The number of pyridine rings is 1. The van der Waals surface area contributed by atoms with Crippen molar-refractivity contribution >= 4 is 38.5 Å². The third kappa shape index (κ3) is 5.12. The van der Waals surface area contributed by atoms with Crippen LogP contribution in [0.5, 0.6) is 0 Å². The Balaban J connectivity index is 1.52. The fraction of sp³-hybridized carbons (Fsp3) is 0.552. The Bertz CT molecular complexity index is 1610. The molecule has 0 aliphatic carbocycles. The molecule has 2 aliphatic heterocycles. The van der Waals surface area contributed by atoms with Crippen LogP contribution in [-0.4, -0.2) is 68.8 Å². The maximum Gasteiger partial charge on any atom is 0.407 e. The number of carboxylic acid groups (broad SMARTS) is 1. The van der Waals surface area contributed by atoms with Crippen LogP contribution in [0.3, 0.4) is 0 Å². The molecule has 2 aliphatic rings. The maximum atomic E-state index is 13.1. The second-order valence-corrected chi connectivity index (χ2v) is 14.4. The van der Waals surface area contributed by atoms with Crippen molar-refractivity contribution in [3.63, 3.8) is 0 Å². The molecule has 0 saturated carbocycles. The van der Waals surface area contributed by atoms with Gasteiger partial charge in [0, 0.05) is 37.1 Å². The number of nitrogens with one attached hydrogen (secondary N) is 2. The molecule has 0 spiro atoms. The average molecular weight is 585 g/mol. The Morgan fingerprint density at radius 3 is 2.49 bits per heavy atom. The van der Waals surface area contributed by atoms with E-state index in [4.69, 9.17) is 5.10 Å². The van der Waals surface area contributed by atoms with Crippen LogP contribution in [0.25, 0.3) is 10.9 Å². The number of rotatable bonds is 6. The summed E-state index contributed by atoms with van der Waals surface area (Å²) in [5, 5.41) is 18.5. The van der Waals surface area contributed by atoms with Crippen LogP contribution in [0, 0.1) is 5.41 Å². The Labute approximate surface area is 240 Å². The SMILES string of the molecule is CCC1(n2nc(Nc3ccc(S(=O)(=O)N4CCCC4C)cc3)c3c(=O)[nH]ccc32)CCN(C(=O)O)C(C(C)(C)C)C1. The van der Waals surface area contributed by atoms with Gasteiger partial charge >= 0.3 is 6.09 Å². The zero-order valence-electron chi connectivity index (χ0n) is 24.3. The van der Waals surface area contributed by atoms with Crippen LogP contribution in [0.1, 0.15) is 66.7 Å². The molecule has 12 heteroatoms. The molecule has 0 bridgehead atoms. The number of piperidine rings is 1. The van der Waals surface area contributed by atoms with Crippen molar-refractivity contribution in [3.8, 4) is 0 Å². The molecule has 11 nitrogen and oxygen atoms in total. The van der Waals surface area contributed by atoms with Gasteiger partial charge in [0.25, 0.3) is 5.56 Å². The Kier molecular flexibility index (Phi) is 7.44. The first-order chi connectivity index (χ1) is 19.3. The van der Waals surface area contributed by atoms with E-state index in [0.717, 1.165) is 12.8 Å². The lowest BCUT2D eigenvalue weighted by molar-refractivity contribution is 0.00403. The number of H-pyrrole nitrogens is 1. The third-order valence-electron chi connectivity index (χ3n) is 8.94. The van der Waals surface area contributed by atoms with Crippen LogP contribution in [0.15, 0.2) is 46.2 Å². The molecule has 0 radical (unpaired) electrons. The number of aromatic nitrogens is 3. The van der Waals surface area contributed by atoms with Crippen LogP contribution in [0.4, 0.5) is 16.3 Å². The molecule has 3 N–H and O–H groups in total. The average Bonchev–Trinajstić information content (AvgIpc) is 3.53. The first-order valence-electron chi connectivity index (χ1n) is 14.3. The molecule has 2 aromatic heterocycles. The second-order valence-electron chi connectivity index (χ2n) is 12.5. The number of fused-ring (bicyclic) bond motifs is 1. The standard InChI is InChI=1S/C29H40N6O5S/c1-6-29(14-17-33(27(37)38)23(18-29)28(3,4)5)35-22-13-15-30-26(36)24(22)25(32-35)31-20-9-11-21(12-10-20)41(39,40)34-16-7-8-19(34)2/h9-13,15,19,23H,6-8,14,16-18H2,1-5H3,(H,30,36)(H,31,32)(H,37,38). The first-order valence-corrected chi connectivity index (χ1v) is 15.7. The number of sulfonamides is 1. The number of likely N-dealkylation sites (tertiary alicyclic amines) is 1. The fourth-order valence-electron chi connectivity index (χ4n) is 6.50. The van der Waals surface area contributed by atoms with Gasteiger partial charge in [0.15, 0.2) is 5.82 Å². The topological polar surface area (TPSA) is 141 Å². The quantitative estimate of drug-likeness (QED) is 0.373. The van der Waals surface area contributed by atoms with Gasteiger partial charge in [-0.05, 0) is 74.8 Å². The lowest BCUT2D eigenvalue weighted by Gasteiger charge is -2.50. The Morgan fingerprint density at radius 2 is 1.90 bits per heavy atom. The number of anilines is 2. The van der Waals surface area contributed by atoms with Crippen LogP contribution >= 0.6 is 0 Å². The van der Waals surface area contributed by atoms with Crippen molar-refractivity contribution in [1.29, 1.82) is 0 Å². The van der Waals surface area contributed by atoms with Crippen molar-refractivity contribution in [2.24, 2.45) is 5.41 Å². The summed E-state index contributed by atoms with van der Waals surface area (Å²) in [6.07, 6.45) is 4.21. The van der Waals surface area contributed by atoms with Gasteiger partial charge < -0.3 is 20.3 Å². The van der Waals surface area contributed by atoms with Gasteiger partial charge in [-0.3, -0.25) is 9.48 Å². The summed E-state index contributed by atoms with van der Waals surface area (Å²) < 4.78 is 29.8. The van der Waals surface area contributed by atoms with Gasteiger partial charge in [-0.2, -0.15) is 9.40 Å². The summed E-state index contributed by atoms with van der Waals surface area (Å²) in [4.78, 5) is 29.7. The molecule has 4 heterocycles. The highest BCUT2D eigenvalue weighted by Crippen LogP contribution is 2.44. The number of aromatic amines is 1. The van der Waals surface area contributed by atoms with Gasteiger partial charge in [0.1, 0.15) is 5.39 Å². The third-order valence-corrected chi connectivity index (χ3v) is 11.0. The summed E-state index contributed by atoms with van der Waals surface area (Å²) in [7, 11) is -3.58. The van der Waals surface area contributed by atoms with E-state index in [2.05, 4.69) is 17.2 Å². The molecule has 3 aromatic rings. The van der Waals surface area contributed by atoms with Crippen LogP contribution in [0.2, 0.25) is 0 Å². The van der Waals surface area contributed by atoms with E-state index in [1.807, 2.05) is 38.4 Å². The van der Waals surface area contributed by atoms with Gasteiger partial charge in [-0.25, -0.2) is 13.2 Å². The summed E-state index contributed by atoms with van der Waals surface area (Å²) in [5.74, 6) is 0.367. The van der Waals surface area contributed by atoms with Gasteiger partial charge in [0.05, 0.1) is 16.0 Å². The van der Waals surface area contributed by atoms with Gasteiger partial charge in [-0.1, -0.05) is 27.7 Å². The van der Waals surface area contributed by atoms with Crippen molar-refractivity contribution < 1.29 is 18.3 Å². The predicted octanol–water partition coefficient (Wildman–Crippen LogP) is 4.94. The number of carbonyl (C=O) groups is 1. The number of hydrogen-bond donors (Lipinski definition) is 3. The number of hydrogen-bond acceptors (Lipinski definition) is 6. The largest absolute Gasteiger partial charge is 0.465 e. The zero-order valence-corrected chi connectivity index (χ0v) is 25.2. The molecule has 3 unspecified atom stereocenters. The molecule has 2 fully saturated rings. The van der Waals surface area contributed by atoms with Crippen molar-refractivity contribution in [1.82, 2.24) is 24.0 Å². The molecule has 5 rings (SSSR count). The van der Waals surface area contributed by atoms with Crippen molar-refractivity contribution in [2.75, 3.05) is 18.4 Å². The molecular weight excluding hydrogens is 544 g/mol. The zero-order chi connectivity index (χ0) is 29.7.